The quantitative estimate of drug-likeness (QED) is 0.0582. The minimum atomic E-state index is -0.616. The summed E-state index contributed by atoms with van der Waals surface area (Å²) in [5.74, 6) is 0.973. The topological polar surface area (TPSA) is 110 Å². The van der Waals surface area contributed by atoms with Crippen molar-refractivity contribution in [2.75, 3.05) is 23.9 Å². The van der Waals surface area contributed by atoms with E-state index in [1.54, 1.807) is 6.08 Å². The van der Waals surface area contributed by atoms with Crippen LogP contribution in [0.15, 0.2) is 218 Å². The Morgan fingerprint density at radius 2 is 1.06 bits per heavy atom. The van der Waals surface area contributed by atoms with E-state index in [1.807, 2.05) is 36.4 Å². The van der Waals surface area contributed by atoms with Crippen molar-refractivity contribution >= 4 is 62.6 Å². The van der Waals surface area contributed by atoms with Gasteiger partial charge in [0.15, 0.2) is 11.4 Å². The number of ketones is 1. The maximum absolute atomic E-state index is 12.6. The highest BCUT2D eigenvalue weighted by Crippen LogP contribution is 2.53. The standard InChI is InChI=1S/2C26H19NO.C6H4.H2O6/c1-27-23-12-6-4-10-21(23)26(22-11-5-7-13-24(22)27)17-16-20-19-9-3-2-8-18(19)14-15-25(20)28-26;1-27-24-12-6-4-10-21(24)20(22-11-5-7-13-25(22)27)15-16-23-19-9-3-2-8-18(19)14-17-26(23)28;2*1-3-5-6-4-2/h2*2-17H,1H3;1-2H2;1-2H. The van der Waals surface area contributed by atoms with Crippen LogP contribution < -0.4 is 14.5 Å². The molecule has 68 heavy (non-hydrogen) atoms. The van der Waals surface area contributed by atoms with Gasteiger partial charge in [0.1, 0.15) is 5.75 Å². The van der Waals surface area contributed by atoms with E-state index in [4.69, 9.17) is 15.3 Å². The number of ether oxygens (including phenoxy) is 1. The normalized spacial score (nSPS) is 14.1. The molecule has 11 rings (SSSR count). The average molecular weight is 897 g/mol. The van der Waals surface area contributed by atoms with Crippen molar-refractivity contribution < 1.29 is 40.2 Å². The molecule has 10 heteroatoms. The molecule has 10 nitrogen and oxygen atoms in total. The molecule has 334 valence electrons. The van der Waals surface area contributed by atoms with E-state index < -0.39 is 5.60 Å². The molecule has 3 heterocycles. The minimum Gasteiger partial charge on any atom is -0.473 e. The van der Waals surface area contributed by atoms with Gasteiger partial charge in [0.2, 0.25) is 0 Å². The fourth-order valence-corrected chi connectivity index (χ4v) is 8.84. The summed E-state index contributed by atoms with van der Waals surface area (Å²) >= 11 is 0. The number of benzene rings is 7. The third-order valence-electron chi connectivity index (χ3n) is 11.8. The van der Waals surface area contributed by atoms with Crippen LogP contribution in [-0.4, -0.2) is 30.4 Å². The lowest BCUT2D eigenvalue weighted by molar-refractivity contribution is -0.749. The lowest BCUT2D eigenvalue weighted by Crippen LogP contribution is -2.40. The highest BCUT2D eigenvalue weighted by molar-refractivity contribution is 6.30. The van der Waals surface area contributed by atoms with Gasteiger partial charge in [0.05, 0.1) is 0 Å². The number of rotatable bonds is 4. The van der Waals surface area contributed by atoms with Crippen LogP contribution in [0.3, 0.4) is 0 Å². The second kappa shape index (κ2) is 21.2. The van der Waals surface area contributed by atoms with E-state index in [-0.39, 0.29) is 5.78 Å². The molecule has 7 aromatic carbocycles. The molecule has 2 N–H and O–H groups in total. The lowest BCUT2D eigenvalue weighted by atomic mass is 9.78. The van der Waals surface area contributed by atoms with Gasteiger partial charge >= 0.3 is 0 Å². The molecular weight excluding hydrogens is 853 g/mol. The van der Waals surface area contributed by atoms with Gasteiger partial charge in [0.25, 0.3) is 0 Å². The van der Waals surface area contributed by atoms with Gasteiger partial charge in [0, 0.05) is 70.2 Å². The minimum absolute atomic E-state index is 0.0463. The highest BCUT2D eigenvalue weighted by atomic mass is 17.8. The second-order valence-electron chi connectivity index (χ2n) is 15.4. The fourth-order valence-electron chi connectivity index (χ4n) is 8.84. The van der Waals surface area contributed by atoms with Crippen molar-refractivity contribution in [1.29, 1.82) is 0 Å². The number of para-hydroxylation sites is 4. The second-order valence-corrected chi connectivity index (χ2v) is 15.4. The summed E-state index contributed by atoms with van der Waals surface area (Å²) in [7, 11) is 4.22. The van der Waals surface area contributed by atoms with Gasteiger partial charge in [-0.05, 0) is 127 Å². The van der Waals surface area contributed by atoms with Crippen LogP contribution in [0.4, 0.5) is 22.7 Å². The third kappa shape index (κ3) is 9.15. The van der Waals surface area contributed by atoms with Gasteiger partial charge in [-0.3, -0.25) is 4.79 Å². The molecule has 0 bridgehead atoms. The largest absolute Gasteiger partial charge is 0.473 e. The van der Waals surface area contributed by atoms with E-state index in [9.17, 15) is 4.79 Å². The molecule has 0 amide bonds. The van der Waals surface area contributed by atoms with Crippen molar-refractivity contribution in [2.24, 2.45) is 0 Å². The van der Waals surface area contributed by atoms with E-state index >= 15 is 0 Å². The Morgan fingerprint density at radius 1 is 0.559 bits per heavy atom. The summed E-state index contributed by atoms with van der Waals surface area (Å²) < 4.78 is 6.86. The van der Waals surface area contributed by atoms with Gasteiger partial charge in [-0.25, -0.2) is 10.5 Å². The molecule has 0 saturated carbocycles. The van der Waals surface area contributed by atoms with Crippen LogP contribution in [0.5, 0.6) is 5.75 Å². The summed E-state index contributed by atoms with van der Waals surface area (Å²) in [6.07, 6.45) is 12.1. The maximum atomic E-state index is 12.6. The molecule has 1 aliphatic carbocycles. The van der Waals surface area contributed by atoms with Crippen molar-refractivity contribution in [3.63, 3.8) is 0 Å². The molecule has 0 fully saturated rings. The van der Waals surface area contributed by atoms with Crippen molar-refractivity contribution in [3.8, 4) is 5.75 Å². The summed E-state index contributed by atoms with van der Waals surface area (Å²) in [6.45, 7) is 6.46. The zero-order valence-corrected chi connectivity index (χ0v) is 37.1. The molecule has 0 unspecified atom stereocenters. The van der Waals surface area contributed by atoms with Gasteiger partial charge < -0.3 is 14.5 Å². The molecule has 7 aromatic rings. The Morgan fingerprint density at radius 3 is 1.66 bits per heavy atom. The van der Waals surface area contributed by atoms with Crippen LogP contribution in [0.25, 0.3) is 34.1 Å². The van der Waals surface area contributed by atoms with Crippen molar-refractivity contribution in [1.82, 2.24) is 0 Å². The smallest absolute Gasteiger partial charge is 0.186 e. The fraction of sp³-hybridized carbons (Fsp3) is 0.0517. The Bertz CT molecular complexity index is 3180. The number of nitrogens with zero attached hydrogens (tertiary/aromatic N) is 2. The summed E-state index contributed by atoms with van der Waals surface area (Å²) in [5.41, 5.74) is 23.4. The van der Waals surface area contributed by atoms with Crippen molar-refractivity contribution in [2.45, 2.75) is 5.60 Å². The van der Waals surface area contributed by atoms with E-state index in [1.165, 1.54) is 55.8 Å². The first kappa shape index (κ1) is 46.0. The molecule has 0 aromatic heterocycles. The van der Waals surface area contributed by atoms with Crippen LogP contribution in [0, 0.1) is 0 Å². The first-order valence-electron chi connectivity index (χ1n) is 21.3. The highest BCUT2D eigenvalue weighted by Gasteiger charge is 2.44. The SMILES string of the molecule is C=C=C=C=C=C.CN1c2ccccc2C(=CC=C2C(=O)C=Cc3ccccc32)c2ccccc21.CN1c2ccccc2C2(C=Cc3c(ccc4ccccc34)O2)c2ccccc21.OOOOOO. The Balaban J connectivity index is 0.000000149. The summed E-state index contributed by atoms with van der Waals surface area (Å²) in [4.78, 5) is 17.1. The van der Waals surface area contributed by atoms with Gasteiger partial charge in [-0.1, -0.05) is 151 Å². The maximum Gasteiger partial charge on any atom is 0.186 e. The number of fused-ring (bicyclic) bond motifs is 10. The number of hydrogen-bond donors (Lipinski definition) is 2. The summed E-state index contributed by atoms with van der Waals surface area (Å²) in [6, 6.07) is 54.6. The predicted octanol–water partition coefficient (Wildman–Crippen LogP) is 13.3. The average Bonchev–Trinajstić information content (AvgIpc) is 3.40. The third-order valence-corrected chi connectivity index (χ3v) is 11.8. The van der Waals surface area contributed by atoms with Crippen LogP contribution in [0.2, 0.25) is 0 Å². The van der Waals surface area contributed by atoms with Crippen LogP contribution >= 0.6 is 0 Å². The Hall–Kier alpha value is -8.55. The number of allylic oxidation sites excluding steroid dienone is 4. The van der Waals surface area contributed by atoms with E-state index in [0.29, 0.717) is 0 Å². The molecule has 0 atom stereocenters. The van der Waals surface area contributed by atoms with E-state index in [0.717, 1.165) is 33.6 Å². The van der Waals surface area contributed by atoms with Crippen LogP contribution in [0.1, 0.15) is 38.9 Å². The number of carbonyl (C=O) groups is 1. The number of carbonyl (C=O) groups excluding carboxylic acids is 1. The zero-order valence-electron chi connectivity index (χ0n) is 37.1. The molecule has 1 spiro atoms. The number of anilines is 4. The van der Waals surface area contributed by atoms with Crippen molar-refractivity contribution in [3.05, 3.63) is 257 Å². The molecule has 0 saturated heterocycles. The molecular formula is C58H44N2O8. The Labute approximate surface area is 393 Å². The zero-order chi connectivity index (χ0) is 47.5. The number of hydrogen-bond acceptors (Lipinski definition) is 10. The molecule has 0 radical (unpaired) electrons. The summed E-state index contributed by atoms with van der Waals surface area (Å²) in [5, 5.41) is 28.5. The monoisotopic (exact) mass is 896 g/mol. The Kier molecular flexibility index (Phi) is 14.3. The van der Waals surface area contributed by atoms with Gasteiger partial charge in [-0.15, -0.1) is 0 Å². The van der Waals surface area contributed by atoms with Crippen LogP contribution in [-0.2, 0) is 30.5 Å². The van der Waals surface area contributed by atoms with E-state index in [2.05, 4.69) is 232 Å². The first-order valence-corrected chi connectivity index (χ1v) is 21.3. The molecule has 3 aliphatic heterocycles. The van der Waals surface area contributed by atoms with Gasteiger partial charge in [-0.2, -0.15) is 0 Å². The first-order chi connectivity index (χ1) is 33.3. The lowest BCUT2D eigenvalue weighted by Gasteiger charge is -2.44. The molecule has 4 aliphatic rings. The predicted molar refractivity (Wildman–Crippen MR) is 267 cm³/mol.